The maximum Gasteiger partial charge on any atom is 0.190 e. The summed E-state index contributed by atoms with van der Waals surface area (Å²) in [6.45, 7) is 1.78. The summed E-state index contributed by atoms with van der Waals surface area (Å²) in [6, 6.07) is 11.8. The third-order valence-corrected chi connectivity index (χ3v) is 4.60. The van der Waals surface area contributed by atoms with Gasteiger partial charge in [0.15, 0.2) is 5.16 Å². The van der Waals surface area contributed by atoms with Gasteiger partial charge in [-0.3, -0.25) is 4.31 Å². The fourth-order valence-electron chi connectivity index (χ4n) is 2.36. The molecule has 0 radical (unpaired) electrons. The monoisotopic (exact) mass is 302 g/mol. The third-order valence-electron chi connectivity index (χ3n) is 3.30. The van der Waals surface area contributed by atoms with Gasteiger partial charge in [0.2, 0.25) is 0 Å². The summed E-state index contributed by atoms with van der Waals surface area (Å²) in [5.41, 5.74) is 2.08. The van der Waals surface area contributed by atoms with Gasteiger partial charge < -0.3 is 4.57 Å². The Labute approximate surface area is 125 Å². The molecule has 0 saturated heterocycles. The van der Waals surface area contributed by atoms with E-state index in [9.17, 15) is 0 Å². The number of anilines is 1. The minimum atomic E-state index is 0.748. The molecule has 100 valence electrons. The van der Waals surface area contributed by atoms with Gasteiger partial charge in [0.1, 0.15) is 5.82 Å². The van der Waals surface area contributed by atoms with Crippen LogP contribution < -0.4 is 4.31 Å². The number of aromatic nitrogens is 3. The molecule has 0 amide bonds. The van der Waals surface area contributed by atoms with Crippen molar-refractivity contribution in [2.45, 2.75) is 11.7 Å². The molecule has 0 bridgehead atoms. The lowest BCUT2D eigenvalue weighted by Crippen LogP contribution is -2.26. The Morgan fingerprint density at radius 2 is 2.10 bits per heavy atom. The topological polar surface area (TPSA) is 34.0 Å². The molecule has 3 aromatic rings. The fraction of sp³-hybridized carbons (Fsp3) is 0.143. The smallest absolute Gasteiger partial charge is 0.190 e. The van der Waals surface area contributed by atoms with Gasteiger partial charge in [-0.15, -0.1) is 0 Å². The molecular formula is C14H11ClN4S. The van der Waals surface area contributed by atoms with E-state index >= 15 is 0 Å². The van der Waals surface area contributed by atoms with Crippen molar-refractivity contribution in [1.29, 1.82) is 0 Å². The highest BCUT2D eigenvalue weighted by atomic mass is 35.5. The molecule has 1 aliphatic rings. The quantitative estimate of drug-likeness (QED) is 0.643. The van der Waals surface area contributed by atoms with Gasteiger partial charge in [-0.1, -0.05) is 17.7 Å². The lowest BCUT2D eigenvalue weighted by Gasteiger charge is -2.27. The van der Waals surface area contributed by atoms with Crippen molar-refractivity contribution in [3.63, 3.8) is 0 Å². The molecule has 0 unspecified atom stereocenters. The number of imidazole rings is 1. The number of hydrogen-bond donors (Lipinski definition) is 0. The summed E-state index contributed by atoms with van der Waals surface area (Å²) in [4.78, 5) is 9.06. The van der Waals surface area contributed by atoms with E-state index < -0.39 is 0 Å². The lowest BCUT2D eigenvalue weighted by atomic mass is 10.3. The van der Waals surface area contributed by atoms with Crippen LogP contribution in [0.1, 0.15) is 0 Å². The highest BCUT2D eigenvalue weighted by Crippen LogP contribution is 2.33. The zero-order chi connectivity index (χ0) is 13.5. The molecule has 6 heteroatoms. The van der Waals surface area contributed by atoms with Crippen LogP contribution in [0.3, 0.4) is 0 Å². The average molecular weight is 303 g/mol. The molecule has 4 nitrogen and oxygen atoms in total. The van der Waals surface area contributed by atoms with Crippen LogP contribution >= 0.6 is 23.5 Å². The number of pyridine rings is 1. The Morgan fingerprint density at radius 3 is 2.95 bits per heavy atom. The maximum atomic E-state index is 6.07. The van der Waals surface area contributed by atoms with Crippen LogP contribution in [0.25, 0.3) is 11.0 Å². The summed E-state index contributed by atoms with van der Waals surface area (Å²) in [7, 11) is 0. The minimum absolute atomic E-state index is 0.748. The van der Waals surface area contributed by atoms with Gasteiger partial charge in [-0.05, 0) is 30.3 Å². The first-order valence-corrected chi connectivity index (χ1v) is 7.49. The van der Waals surface area contributed by atoms with Crippen molar-refractivity contribution in [2.24, 2.45) is 0 Å². The van der Waals surface area contributed by atoms with E-state index in [4.69, 9.17) is 11.6 Å². The van der Waals surface area contributed by atoms with Crippen molar-refractivity contribution < 1.29 is 0 Å². The molecule has 0 fully saturated rings. The second-order valence-electron chi connectivity index (χ2n) is 4.56. The molecule has 0 N–H and O–H groups in total. The molecule has 0 spiro atoms. The summed E-state index contributed by atoms with van der Waals surface area (Å²) >= 11 is 7.70. The molecule has 1 aliphatic heterocycles. The summed E-state index contributed by atoms with van der Waals surface area (Å²) in [5.74, 6) is 0.967. The van der Waals surface area contributed by atoms with Crippen LogP contribution in [0.5, 0.6) is 0 Å². The predicted octanol–water partition coefficient (Wildman–Crippen LogP) is 3.61. The zero-order valence-corrected chi connectivity index (χ0v) is 12.1. The van der Waals surface area contributed by atoms with E-state index in [0.717, 1.165) is 40.1 Å². The Morgan fingerprint density at radius 1 is 1.15 bits per heavy atom. The van der Waals surface area contributed by atoms with Crippen LogP contribution in [0.4, 0.5) is 5.82 Å². The van der Waals surface area contributed by atoms with Gasteiger partial charge in [0.25, 0.3) is 0 Å². The van der Waals surface area contributed by atoms with Crippen LogP contribution in [0, 0.1) is 0 Å². The van der Waals surface area contributed by atoms with Crippen LogP contribution in [-0.4, -0.2) is 21.1 Å². The van der Waals surface area contributed by atoms with Crippen LogP contribution in [0.2, 0.25) is 5.02 Å². The Bertz CT molecular complexity index is 771. The van der Waals surface area contributed by atoms with Crippen LogP contribution in [0.15, 0.2) is 47.8 Å². The molecule has 0 aliphatic carbocycles. The Hall–Kier alpha value is -1.72. The number of nitrogens with zero attached hydrogens (tertiary/aromatic N) is 4. The zero-order valence-electron chi connectivity index (χ0n) is 10.5. The second kappa shape index (κ2) is 4.68. The predicted molar refractivity (Wildman–Crippen MR) is 82.2 cm³/mol. The summed E-state index contributed by atoms with van der Waals surface area (Å²) in [5, 5.41) is 1.73. The van der Waals surface area contributed by atoms with E-state index in [-0.39, 0.29) is 0 Å². The van der Waals surface area contributed by atoms with E-state index in [1.54, 1.807) is 11.9 Å². The second-order valence-corrected chi connectivity index (χ2v) is 5.99. The first kappa shape index (κ1) is 12.1. The molecule has 0 atom stereocenters. The van der Waals surface area contributed by atoms with Gasteiger partial charge in [0.05, 0.1) is 11.0 Å². The van der Waals surface area contributed by atoms with Gasteiger partial charge in [-0.2, -0.15) is 0 Å². The highest BCUT2D eigenvalue weighted by Gasteiger charge is 2.22. The average Bonchev–Trinajstić information content (AvgIpc) is 2.85. The minimum Gasteiger partial charge on any atom is -0.316 e. The first-order chi connectivity index (χ1) is 9.81. The van der Waals surface area contributed by atoms with E-state index in [1.165, 1.54) is 0 Å². The third kappa shape index (κ3) is 1.94. The standard InChI is InChI=1S/C14H11ClN4S/c15-10-4-5-11-12(9-10)18-7-8-19(20-14(18)17-11)13-3-1-2-6-16-13/h1-6,9H,7-8H2. The molecule has 1 aromatic carbocycles. The van der Waals surface area contributed by atoms with Gasteiger partial charge in [-0.25, -0.2) is 9.97 Å². The van der Waals surface area contributed by atoms with Crippen LogP contribution in [-0.2, 0) is 6.54 Å². The number of fused-ring (bicyclic) bond motifs is 3. The fourth-order valence-corrected chi connectivity index (χ4v) is 3.52. The Kier molecular flexibility index (Phi) is 2.82. The summed E-state index contributed by atoms with van der Waals surface area (Å²) < 4.78 is 4.38. The maximum absolute atomic E-state index is 6.07. The number of benzene rings is 1. The van der Waals surface area contributed by atoms with E-state index in [1.807, 2.05) is 42.6 Å². The molecule has 20 heavy (non-hydrogen) atoms. The molecule has 0 saturated carbocycles. The number of halogens is 1. The number of hydrogen-bond acceptors (Lipinski definition) is 4. The van der Waals surface area contributed by atoms with Crippen molar-refractivity contribution in [1.82, 2.24) is 14.5 Å². The van der Waals surface area contributed by atoms with Gasteiger partial charge in [0, 0.05) is 36.3 Å². The van der Waals surface area contributed by atoms with E-state index in [0.29, 0.717) is 0 Å². The van der Waals surface area contributed by atoms with Crippen molar-refractivity contribution in [3.05, 3.63) is 47.6 Å². The highest BCUT2D eigenvalue weighted by molar-refractivity contribution is 8.00. The normalized spacial score (nSPS) is 14.6. The van der Waals surface area contributed by atoms with Gasteiger partial charge >= 0.3 is 0 Å². The lowest BCUT2D eigenvalue weighted by molar-refractivity contribution is 0.642. The summed E-state index contributed by atoms with van der Waals surface area (Å²) in [6.07, 6.45) is 1.81. The molecular weight excluding hydrogens is 292 g/mol. The first-order valence-electron chi connectivity index (χ1n) is 6.33. The van der Waals surface area contributed by atoms with Crippen molar-refractivity contribution in [3.8, 4) is 0 Å². The SMILES string of the molecule is Clc1ccc2nc3n(c2c1)CCN(c1ccccn1)S3. The largest absolute Gasteiger partial charge is 0.316 e. The molecule has 3 heterocycles. The molecule has 2 aromatic heterocycles. The Balaban J connectivity index is 1.75. The number of rotatable bonds is 1. The van der Waals surface area contributed by atoms with Crippen molar-refractivity contribution in [2.75, 3.05) is 10.8 Å². The van der Waals surface area contributed by atoms with E-state index in [2.05, 4.69) is 18.8 Å². The van der Waals surface area contributed by atoms with Crippen molar-refractivity contribution >= 4 is 40.4 Å². The molecule has 4 rings (SSSR count).